The van der Waals surface area contributed by atoms with Gasteiger partial charge in [-0.3, -0.25) is 4.79 Å². The van der Waals surface area contributed by atoms with Crippen LogP contribution in [0, 0.1) is 0 Å². The Bertz CT molecular complexity index is 343. The van der Waals surface area contributed by atoms with Crippen LogP contribution in [0.25, 0.3) is 0 Å². The summed E-state index contributed by atoms with van der Waals surface area (Å²) in [7, 11) is 1.92. The molecule has 2 N–H and O–H groups in total. The molecule has 0 aromatic carbocycles. The van der Waals surface area contributed by atoms with Gasteiger partial charge >= 0.3 is 0 Å². The summed E-state index contributed by atoms with van der Waals surface area (Å²) >= 11 is 0. The maximum atomic E-state index is 11.3. The molecule has 5 heteroatoms. The van der Waals surface area contributed by atoms with E-state index in [-0.39, 0.29) is 5.91 Å². The molecule has 1 amide bonds. The van der Waals surface area contributed by atoms with Crippen LogP contribution in [0.2, 0.25) is 0 Å². The minimum absolute atomic E-state index is 0.124. The Morgan fingerprint density at radius 3 is 3.07 bits per heavy atom. The standard InChI is InChI=1S/C10H16N4O/c1-14-7-6-12-10(14)11-5-4-9(15)13-8-2-3-8/h6-8H,2-5H2,1H3,(H,11,12)(H,13,15). The minimum atomic E-state index is 0.124. The van der Waals surface area contributed by atoms with E-state index in [1.807, 2.05) is 17.8 Å². The maximum Gasteiger partial charge on any atom is 0.221 e. The topological polar surface area (TPSA) is 59.0 Å². The zero-order valence-electron chi connectivity index (χ0n) is 8.86. The molecule has 0 unspecified atom stereocenters. The zero-order chi connectivity index (χ0) is 10.7. The Balaban J connectivity index is 1.65. The van der Waals surface area contributed by atoms with E-state index >= 15 is 0 Å². The normalized spacial score (nSPS) is 15.0. The lowest BCUT2D eigenvalue weighted by molar-refractivity contribution is -0.120. The molecule has 2 rings (SSSR count). The number of anilines is 1. The van der Waals surface area contributed by atoms with Gasteiger partial charge in [0, 0.05) is 38.4 Å². The van der Waals surface area contributed by atoms with Crippen molar-refractivity contribution in [2.75, 3.05) is 11.9 Å². The van der Waals surface area contributed by atoms with Crippen molar-refractivity contribution < 1.29 is 4.79 Å². The SMILES string of the molecule is Cn1ccnc1NCCC(=O)NC1CC1. The highest BCUT2D eigenvalue weighted by Crippen LogP contribution is 2.18. The number of aromatic nitrogens is 2. The number of carbonyl (C=O) groups excluding carboxylic acids is 1. The molecule has 0 aliphatic heterocycles. The van der Waals surface area contributed by atoms with Gasteiger partial charge in [0.1, 0.15) is 0 Å². The minimum Gasteiger partial charge on any atom is -0.355 e. The smallest absolute Gasteiger partial charge is 0.221 e. The molecule has 0 bridgehead atoms. The van der Waals surface area contributed by atoms with Crippen LogP contribution in [0.5, 0.6) is 0 Å². The second-order valence-electron chi connectivity index (χ2n) is 3.88. The van der Waals surface area contributed by atoms with E-state index < -0.39 is 0 Å². The van der Waals surface area contributed by atoms with Crippen molar-refractivity contribution in [1.82, 2.24) is 14.9 Å². The Morgan fingerprint density at radius 2 is 2.47 bits per heavy atom. The lowest BCUT2D eigenvalue weighted by atomic mass is 10.4. The number of imidazole rings is 1. The maximum absolute atomic E-state index is 11.3. The van der Waals surface area contributed by atoms with Crippen molar-refractivity contribution in [2.45, 2.75) is 25.3 Å². The Kier molecular flexibility index (Phi) is 2.89. The van der Waals surface area contributed by atoms with Crippen molar-refractivity contribution >= 4 is 11.9 Å². The van der Waals surface area contributed by atoms with Crippen molar-refractivity contribution in [3.05, 3.63) is 12.4 Å². The first-order valence-electron chi connectivity index (χ1n) is 5.26. The average Bonchev–Trinajstić information content (AvgIpc) is 2.91. The predicted octanol–water partition coefficient (Wildman–Crippen LogP) is 0.501. The third-order valence-electron chi connectivity index (χ3n) is 2.40. The van der Waals surface area contributed by atoms with E-state index in [0.29, 0.717) is 19.0 Å². The molecule has 0 atom stereocenters. The number of nitrogens with one attached hydrogen (secondary N) is 2. The molecule has 1 aliphatic carbocycles. The van der Waals surface area contributed by atoms with Gasteiger partial charge in [0.2, 0.25) is 11.9 Å². The molecule has 0 spiro atoms. The van der Waals surface area contributed by atoms with Gasteiger partial charge in [-0.25, -0.2) is 4.98 Å². The molecule has 5 nitrogen and oxygen atoms in total. The van der Waals surface area contributed by atoms with Crippen molar-refractivity contribution in [3.63, 3.8) is 0 Å². The summed E-state index contributed by atoms with van der Waals surface area (Å²) in [5.74, 6) is 0.924. The first kappa shape index (κ1) is 10.0. The molecule has 1 fully saturated rings. The molecule has 1 aliphatic rings. The van der Waals surface area contributed by atoms with E-state index in [0.717, 1.165) is 18.8 Å². The number of nitrogens with zero attached hydrogens (tertiary/aromatic N) is 2. The first-order valence-corrected chi connectivity index (χ1v) is 5.26. The molecule has 1 saturated carbocycles. The fourth-order valence-electron chi connectivity index (χ4n) is 1.35. The largest absolute Gasteiger partial charge is 0.355 e. The fourth-order valence-corrected chi connectivity index (χ4v) is 1.35. The fraction of sp³-hybridized carbons (Fsp3) is 0.600. The van der Waals surface area contributed by atoms with E-state index in [1.54, 1.807) is 6.20 Å². The van der Waals surface area contributed by atoms with Crippen molar-refractivity contribution in [1.29, 1.82) is 0 Å². The van der Waals surface area contributed by atoms with Gasteiger partial charge in [-0.1, -0.05) is 0 Å². The van der Waals surface area contributed by atoms with Gasteiger partial charge in [-0.05, 0) is 12.8 Å². The van der Waals surface area contributed by atoms with Crippen LogP contribution < -0.4 is 10.6 Å². The van der Waals surface area contributed by atoms with Gasteiger partial charge in [-0.2, -0.15) is 0 Å². The van der Waals surface area contributed by atoms with Gasteiger partial charge in [0.05, 0.1) is 0 Å². The molecule has 0 radical (unpaired) electrons. The predicted molar refractivity (Wildman–Crippen MR) is 57.5 cm³/mol. The molecule has 82 valence electrons. The van der Waals surface area contributed by atoms with Crippen molar-refractivity contribution in [2.24, 2.45) is 7.05 Å². The summed E-state index contributed by atoms with van der Waals surface area (Å²) in [5.41, 5.74) is 0. The van der Waals surface area contributed by atoms with Crippen molar-refractivity contribution in [3.8, 4) is 0 Å². The molecular weight excluding hydrogens is 192 g/mol. The highest BCUT2D eigenvalue weighted by atomic mass is 16.1. The van der Waals surface area contributed by atoms with Gasteiger partial charge in [0.25, 0.3) is 0 Å². The lowest BCUT2D eigenvalue weighted by Gasteiger charge is -2.06. The monoisotopic (exact) mass is 208 g/mol. The van der Waals surface area contributed by atoms with E-state index in [1.165, 1.54) is 0 Å². The van der Waals surface area contributed by atoms with Crippen LogP contribution >= 0.6 is 0 Å². The second-order valence-corrected chi connectivity index (χ2v) is 3.88. The summed E-state index contributed by atoms with van der Waals surface area (Å²) in [6, 6.07) is 0.450. The highest BCUT2D eigenvalue weighted by Gasteiger charge is 2.22. The first-order chi connectivity index (χ1) is 7.25. The summed E-state index contributed by atoms with van der Waals surface area (Å²) in [4.78, 5) is 15.4. The van der Waals surface area contributed by atoms with Crippen LogP contribution in [0.1, 0.15) is 19.3 Å². The zero-order valence-corrected chi connectivity index (χ0v) is 8.86. The lowest BCUT2D eigenvalue weighted by Crippen LogP contribution is -2.27. The number of aryl methyl sites for hydroxylation is 1. The van der Waals surface area contributed by atoms with Crippen LogP contribution in [0.3, 0.4) is 0 Å². The molecule has 1 aromatic heterocycles. The summed E-state index contributed by atoms with van der Waals surface area (Å²) in [5, 5.41) is 6.05. The highest BCUT2D eigenvalue weighted by molar-refractivity contribution is 5.77. The number of amides is 1. The summed E-state index contributed by atoms with van der Waals surface area (Å²) in [6.07, 6.45) is 6.37. The molecular formula is C10H16N4O. The Morgan fingerprint density at radius 1 is 1.67 bits per heavy atom. The number of carbonyl (C=O) groups is 1. The summed E-state index contributed by atoms with van der Waals surface area (Å²) in [6.45, 7) is 0.628. The molecule has 15 heavy (non-hydrogen) atoms. The number of rotatable bonds is 5. The van der Waals surface area contributed by atoms with Crippen LogP contribution in [0.15, 0.2) is 12.4 Å². The summed E-state index contributed by atoms with van der Waals surface area (Å²) < 4.78 is 1.89. The molecule has 0 saturated heterocycles. The van der Waals surface area contributed by atoms with Gasteiger partial charge in [-0.15, -0.1) is 0 Å². The number of hydrogen-bond donors (Lipinski definition) is 2. The van der Waals surface area contributed by atoms with Crippen LogP contribution in [-0.2, 0) is 11.8 Å². The van der Waals surface area contributed by atoms with Gasteiger partial charge in [0.15, 0.2) is 0 Å². The van der Waals surface area contributed by atoms with Crippen LogP contribution in [0.4, 0.5) is 5.95 Å². The third-order valence-corrected chi connectivity index (χ3v) is 2.40. The van der Waals surface area contributed by atoms with Crippen LogP contribution in [-0.4, -0.2) is 28.0 Å². The third kappa shape index (κ3) is 2.97. The average molecular weight is 208 g/mol. The Labute approximate surface area is 88.9 Å². The quantitative estimate of drug-likeness (QED) is 0.741. The van der Waals surface area contributed by atoms with Gasteiger partial charge < -0.3 is 15.2 Å². The molecule has 1 aromatic rings. The van der Waals surface area contributed by atoms with E-state index in [4.69, 9.17) is 0 Å². The molecule has 1 heterocycles. The second kappa shape index (κ2) is 4.33. The van der Waals surface area contributed by atoms with E-state index in [9.17, 15) is 4.79 Å². The van der Waals surface area contributed by atoms with E-state index in [2.05, 4.69) is 15.6 Å². The number of hydrogen-bond acceptors (Lipinski definition) is 3. The Hall–Kier alpha value is -1.52.